The standard InChI is InChI=1S/C9H12O2/c1-2-6-7-4-3-5-8(7)11-9(6)10/h2,6-8H,1,3-5H2/t6-,7-,8-/m0/s1. The largest absolute Gasteiger partial charge is 0.462 e. The fourth-order valence-corrected chi connectivity index (χ4v) is 2.19. The molecule has 2 aliphatic rings. The summed E-state index contributed by atoms with van der Waals surface area (Å²) >= 11 is 0. The van der Waals surface area contributed by atoms with Gasteiger partial charge >= 0.3 is 5.97 Å². The van der Waals surface area contributed by atoms with Crippen LogP contribution in [0.1, 0.15) is 19.3 Å². The van der Waals surface area contributed by atoms with E-state index in [4.69, 9.17) is 4.74 Å². The second kappa shape index (κ2) is 2.36. The second-order valence-corrected chi connectivity index (χ2v) is 3.33. The number of hydrogen-bond acceptors (Lipinski definition) is 2. The van der Waals surface area contributed by atoms with E-state index in [9.17, 15) is 4.79 Å². The highest BCUT2D eigenvalue weighted by Crippen LogP contribution is 2.40. The smallest absolute Gasteiger partial charge is 0.313 e. The van der Waals surface area contributed by atoms with Crippen LogP contribution >= 0.6 is 0 Å². The molecule has 2 fully saturated rings. The summed E-state index contributed by atoms with van der Waals surface area (Å²) < 4.78 is 5.18. The molecule has 0 aromatic rings. The Kier molecular flexibility index (Phi) is 1.48. The minimum Gasteiger partial charge on any atom is -0.462 e. The Hall–Kier alpha value is -0.790. The normalized spacial score (nSPS) is 41.8. The molecule has 0 amide bonds. The minimum atomic E-state index is -0.0605. The van der Waals surface area contributed by atoms with Gasteiger partial charge in [-0.1, -0.05) is 6.08 Å². The van der Waals surface area contributed by atoms with Crippen molar-refractivity contribution in [1.82, 2.24) is 0 Å². The molecule has 60 valence electrons. The molecule has 2 heteroatoms. The Bertz CT molecular complexity index is 198. The van der Waals surface area contributed by atoms with Crippen molar-refractivity contribution in [3.63, 3.8) is 0 Å². The molecule has 2 nitrogen and oxygen atoms in total. The van der Waals surface area contributed by atoms with E-state index in [0.29, 0.717) is 5.92 Å². The quantitative estimate of drug-likeness (QED) is 0.420. The van der Waals surface area contributed by atoms with Crippen LogP contribution in [0.25, 0.3) is 0 Å². The van der Waals surface area contributed by atoms with Gasteiger partial charge in [0.2, 0.25) is 0 Å². The fraction of sp³-hybridized carbons (Fsp3) is 0.667. The lowest BCUT2D eigenvalue weighted by Crippen LogP contribution is -2.12. The average Bonchev–Trinajstić information content (AvgIpc) is 2.46. The molecule has 0 N–H and O–H groups in total. The van der Waals surface area contributed by atoms with E-state index < -0.39 is 0 Å². The summed E-state index contributed by atoms with van der Waals surface area (Å²) in [5.74, 6) is 0.372. The fourth-order valence-electron chi connectivity index (χ4n) is 2.19. The first kappa shape index (κ1) is 6.89. The zero-order valence-corrected chi connectivity index (χ0v) is 6.45. The van der Waals surface area contributed by atoms with Gasteiger partial charge in [-0.05, 0) is 19.3 Å². The van der Waals surface area contributed by atoms with Crippen molar-refractivity contribution >= 4 is 5.97 Å². The van der Waals surface area contributed by atoms with E-state index in [-0.39, 0.29) is 18.0 Å². The summed E-state index contributed by atoms with van der Waals surface area (Å²) in [6.45, 7) is 3.65. The Morgan fingerprint density at radius 3 is 3.09 bits per heavy atom. The van der Waals surface area contributed by atoms with Gasteiger partial charge in [0.1, 0.15) is 6.10 Å². The summed E-state index contributed by atoms with van der Waals surface area (Å²) in [4.78, 5) is 11.1. The van der Waals surface area contributed by atoms with Gasteiger partial charge in [-0.25, -0.2) is 0 Å². The third kappa shape index (κ3) is 0.889. The number of fused-ring (bicyclic) bond motifs is 1. The maximum atomic E-state index is 11.1. The highest BCUT2D eigenvalue weighted by Gasteiger charge is 2.45. The topological polar surface area (TPSA) is 26.3 Å². The molecule has 0 bridgehead atoms. The first-order chi connectivity index (χ1) is 5.33. The summed E-state index contributed by atoms with van der Waals surface area (Å²) in [6, 6.07) is 0. The van der Waals surface area contributed by atoms with Gasteiger partial charge in [0.05, 0.1) is 5.92 Å². The number of ether oxygens (including phenoxy) is 1. The van der Waals surface area contributed by atoms with Crippen molar-refractivity contribution < 1.29 is 9.53 Å². The first-order valence-corrected chi connectivity index (χ1v) is 4.16. The SMILES string of the molecule is C=C[C@@H]1C(=O)O[C@H]2CCC[C@H]21. The maximum Gasteiger partial charge on any atom is 0.313 e. The third-order valence-corrected chi connectivity index (χ3v) is 2.76. The molecule has 1 heterocycles. The van der Waals surface area contributed by atoms with Crippen LogP contribution < -0.4 is 0 Å². The van der Waals surface area contributed by atoms with Crippen LogP contribution in [0, 0.1) is 11.8 Å². The van der Waals surface area contributed by atoms with E-state index in [1.165, 1.54) is 6.42 Å². The molecule has 11 heavy (non-hydrogen) atoms. The summed E-state index contributed by atoms with van der Waals surface area (Å²) in [5.41, 5.74) is 0. The van der Waals surface area contributed by atoms with Crippen LogP contribution in [0.4, 0.5) is 0 Å². The molecule has 0 aromatic carbocycles. The number of carbonyl (C=O) groups is 1. The molecule has 1 aliphatic carbocycles. The molecule has 0 aromatic heterocycles. The maximum absolute atomic E-state index is 11.1. The molecule has 1 saturated heterocycles. The van der Waals surface area contributed by atoms with Crippen LogP contribution in [0.15, 0.2) is 12.7 Å². The molecule has 1 saturated carbocycles. The van der Waals surface area contributed by atoms with Crippen molar-refractivity contribution in [2.24, 2.45) is 11.8 Å². The van der Waals surface area contributed by atoms with Crippen LogP contribution in [0.2, 0.25) is 0 Å². The van der Waals surface area contributed by atoms with Crippen LogP contribution in [0.5, 0.6) is 0 Å². The summed E-state index contributed by atoms with van der Waals surface area (Å²) in [7, 11) is 0. The number of esters is 1. The van der Waals surface area contributed by atoms with Crippen molar-refractivity contribution in [3.05, 3.63) is 12.7 Å². The summed E-state index contributed by atoms with van der Waals surface area (Å²) in [6.07, 6.45) is 5.34. The van der Waals surface area contributed by atoms with Gasteiger partial charge in [0.15, 0.2) is 0 Å². The van der Waals surface area contributed by atoms with E-state index in [2.05, 4.69) is 6.58 Å². The van der Waals surface area contributed by atoms with E-state index >= 15 is 0 Å². The lowest BCUT2D eigenvalue weighted by atomic mass is 9.92. The Morgan fingerprint density at radius 2 is 2.36 bits per heavy atom. The highest BCUT2D eigenvalue weighted by atomic mass is 16.6. The average molecular weight is 152 g/mol. The Morgan fingerprint density at radius 1 is 1.55 bits per heavy atom. The molecule has 1 aliphatic heterocycles. The van der Waals surface area contributed by atoms with Gasteiger partial charge in [0.25, 0.3) is 0 Å². The Labute approximate surface area is 66.2 Å². The van der Waals surface area contributed by atoms with Crippen molar-refractivity contribution in [3.8, 4) is 0 Å². The van der Waals surface area contributed by atoms with E-state index in [0.717, 1.165) is 12.8 Å². The van der Waals surface area contributed by atoms with Gasteiger partial charge < -0.3 is 4.74 Å². The molecule has 2 rings (SSSR count). The molecule has 3 atom stereocenters. The van der Waals surface area contributed by atoms with Crippen LogP contribution in [-0.2, 0) is 9.53 Å². The number of hydrogen-bond donors (Lipinski definition) is 0. The van der Waals surface area contributed by atoms with Crippen molar-refractivity contribution in [1.29, 1.82) is 0 Å². The van der Waals surface area contributed by atoms with E-state index in [1.54, 1.807) is 6.08 Å². The van der Waals surface area contributed by atoms with E-state index in [1.807, 2.05) is 0 Å². The zero-order chi connectivity index (χ0) is 7.84. The molecule has 0 spiro atoms. The highest BCUT2D eigenvalue weighted by molar-refractivity contribution is 5.77. The lowest BCUT2D eigenvalue weighted by Gasteiger charge is -2.07. The predicted octanol–water partition coefficient (Wildman–Crippen LogP) is 1.51. The molecule has 0 unspecified atom stereocenters. The molecular weight excluding hydrogens is 140 g/mol. The van der Waals surface area contributed by atoms with Gasteiger partial charge in [-0.3, -0.25) is 4.79 Å². The minimum absolute atomic E-state index is 0.0116. The second-order valence-electron chi connectivity index (χ2n) is 3.33. The van der Waals surface area contributed by atoms with Gasteiger partial charge in [-0.15, -0.1) is 6.58 Å². The molecule has 0 radical (unpaired) electrons. The number of carbonyl (C=O) groups excluding carboxylic acids is 1. The van der Waals surface area contributed by atoms with Crippen molar-refractivity contribution in [2.75, 3.05) is 0 Å². The van der Waals surface area contributed by atoms with Crippen molar-refractivity contribution in [2.45, 2.75) is 25.4 Å². The first-order valence-electron chi connectivity index (χ1n) is 4.16. The van der Waals surface area contributed by atoms with Gasteiger partial charge in [-0.2, -0.15) is 0 Å². The van der Waals surface area contributed by atoms with Crippen LogP contribution in [-0.4, -0.2) is 12.1 Å². The van der Waals surface area contributed by atoms with Crippen LogP contribution in [0.3, 0.4) is 0 Å². The monoisotopic (exact) mass is 152 g/mol. The lowest BCUT2D eigenvalue weighted by molar-refractivity contribution is -0.143. The predicted molar refractivity (Wildman–Crippen MR) is 40.9 cm³/mol. The third-order valence-electron chi connectivity index (χ3n) is 2.76. The summed E-state index contributed by atoms with van der Waals surface area (Å²) in [5, 5.41) is 0. The zero-order valence-electron chi connectivity index (χ0n) is 6.45. The van der Waals surface area contributed by atoms with Gasteiger partial charge in [0, 0.05) is 5.92 Å². The molecular formula is C9H12O2. The number of rotatable bonds is 1. The Balaban J connectivity index is 2.19.